The van der Waals surface area contributed by atoms with Gasteiger partial charge >= 0.3 is 5.97 Å². The van der Waals surface area contributed by atoms with Crippen molar-refractivity contribution in [3.63, 3.8) is 0 Å². The molecule has 0 aromatic carbocycles. The fourth-order valence-electron chi connectivity index (χ4n) is 3.45. The van der Waals surface area contributed by atoms with Crippen molar-refractivity contribution >= 4 is 28.6 Å². The minimum Gasteiger partial charge on any atom is -0.458 e. The lowest BCUT2D eigenvalue weighted by Gasteiger charge is -2.35. The molecule has 0 bridgehead atoms. The molecule has 2 aliphatic carbocycles. The van der Waals surface area contributed by atoms with E-state index in [2.05, 4.69) is 29.5 Å². The molecule has 2 nitrogen and oxygen atoms in total. The number of carbonyl (C=O) groups excluding carboxylic acids is 1. The highest BCUT2D eigenvalue weighted by molar-refractivity contribution is 14.1. The first-order valence-corrected chi connectivity index (χ1v) is 8.29. The Balaban J connectivity index is 2.03. The standard InChI is InChI=1S/C14H23IO2/c1-2-12(15)13(16)17-14(9-5-6-10-14)11-7-3-4-8-11/h11-12H,2-10H2,1H3. The summed E-state index contributed by atoms with van der Waals surface area (Å²) < 4.78 is 6.02. The number of carbonyl (C=O) groups is 1. The Kier molecular flexibility index (Phi) is 4.72. The first-order chi connectivity index (χ1) is 8.18. The van der Waals surface area contributed by atoms with Crippen molar-refractivity contribution in [2.24, 2.45) is 5.92 Å². The summed E-state index contributed by atoms with van der Waals surface area (Å²) in [4.78, 5) is 12.1. The van der Waals surface area contributed by atoms with Crippen molar-refractivity contribution in [2.45, 2.75) is 74.2 Å². The molecule has 1 unspecified atom stereocenters. The van der Waals surface area contributed by atoms with Gasteiger partial charge in [-0.25, -0.2) is 0 Å². The van der Waals surface area contributed by atoms with Gasteiger partial charge in [0.2, 0.25) is 0 Å². The number of hydrogen-bond donors (Lipinski definition) is 0. The number of ether oxygens (including phenoxy) is 1. The maximum atomic E-state index is 12.1. The van der Waals surface area contributed by atoms with Crippen molar-refractivity contribution in [1.29, 1.82) is 0 Å². The molecule has 0 N–H and O–H groups in total. The summed E-state index contributed by atoms with van der Waals surface area (Å²) in [5, 5.41) is 0. The molecular formula is C14H23IO2. The van der Waals surface area contributed by atoms with Crippen LogP contribution >= 0.6 is 22.6 Å². The zero-order valence-corrected chi connectivity index (χ0v) is 12.9. The van der Waals surface area contributed by atoms with Crippen molar-refractivity contribution in [3.8, 4) is 0 Å². The maximum Gasteiger partial charge on any atom is 0.319 e. The van der Waals surface area contributed by atoms with Gasteiger partial charge in [0.1, 0.15) is 9.53 Å². The lowest BCUT2D eigenvalue weighted by molar-refractivity contribution is -0.164. The minimum atomic E-state index is -0.0772. The Bertz CT molecular complexity index is 265. The summed E-state index contributed by atoms with van der Waals surface area (Å²) in [6.45, 7) is 2.05. The topological polar surface area (TPSA) is 26.3 Å². The molecule has 0 aromatic heterocycles. The number of esters is 1. The Morgan fingerprint density at radius 3 is 2.41 bits per heavy atom. The molecule has 2 saturated carbocycles. The van der Waals surface area contributed by atoms with Crippen LogP contribution in [-0.2, 0) is 9.53 Å². The molecule has 2 fully saturated rings. The molecule has 1 atom stereocenters. The monoisotopic (exact) mass is 350 g/mol. The molecule has 0 saturated heterocycles. The van der Waals surface area contributed by atoms with Crippen molar-refractivity contribution in [2.75, 3.05) is 0 Å². The number of halogens is 1. The van der Waals surface area contributed by atoms with E-state index in [0.29, 0.717) is 5.92 Å². The van der Waals surface area contributed by atoms with Gasteiger partial charge in [0.15, 0.2) is 0 Å². The van der Waals surface area contributed by atoms with Crippen LogP contribution in [0.5, 0.6) is 0 Å². The van der Waals surface area contributed by atoms with Gasteiger partial charge < -0.3 is 4.74 Å². The van der Waals surface area contributed by atoms with Crippen LogP contribution in [0.1, 0.15) is 64.7 Å². The summed E-state index contributed by atoms with van der Waals surface area (Å²) in [7, 11) is 0. The highest BCUT2D eigenvalue weighted by Crippen LogP contribution is 2.46. The molecule has 2 aliphatic rings. The second kappa shape index (κ2) is 5.89. The lowest BCUT2D eigenvalue weighted by Crippen LogP contribution is -2.40. The van der Waals surface area contributed by atoms with Crippen LogP contribution in [0.2, 0.25) is 0 Å². The molecule has 17 heavy (non-hydrogen) atoms. The van der Waals surface area contributed by atoms with Crippen molar-refractivity contribution in [3.05, 3.63) is 0 Å². The van der Waals surface area contributed by atoms with E-state index >= 15 is 0 Å². The normalized spacial score (nSPS) is 26.0. The zero-order chi connectivity index (χ0) is 12.3. The molecular weight excluding hydrogens is 327 g/mol. The molecule has 2 rings (SSSR count). The van der Waals surface area contributed by atoms with E-state index in [9.17, 15) is 4.79 Å². The van der Waals surface area contributed by atoms with E-state index in [1.165, 1.54) is 38.5 Å². The fraction of sp³-hybridized carbons (Fsp3) is 0.929. The van der Waals surface area contributed by atoms with Crippen LogP contribution in [0, 0.1) is 5.92 Å². The van der Waals surface area contributed by atoms with Crippen molar-refractivity contribution in [1.82, 2.24) is 0 Å². The second-order valence-electron chi connectivity index (χ2n) is 5.55. The Morgan fingerprint density at radius 1 is 1.29 bits per heavy atom. The second-order valence-corrected chi connectivity index (χ2v) is 7.05. The van der Waals surface area contributed by atoms with Crippen LogP contribution in [0.15, 0.2) is 0 Å². The third-order valence-corrected chi connectivity index (χ3v) is 5.86. The predicted octanol–water partition coefficient (Wildman–Crippen LogP) is 4.25. The van der Waals surface area contributed by atoms with E-state index in [1.807, 2.05) is 0 Å². The molecule has 0 radical (unpaired) electrons. The molecule has 3 heteroatoms. The Labute approximate surface area is 118 Å². The summed E-state index contributed by atoms with van der Waals surface area (Å²) in [5.41, 5.74) is -0.0772. The summed E-state index contributed by atoms with van der Waals surface area (Å²) in [6.07, 6.45) is 10.8. The van der Waals surface area contributed by atoms with Gasteiger partial charge in [0, 0.05) is 0 Å². The number of rotatable bonds is 4. The van der Waals surface area contributed by atoms with Crippen LogP contribution in [0.4, 0.5) is 0 Å². The van der Waals surface area contributed by atoms with Gasteiger partial charge in [-0.05, 0) is 50.9 Å². The van der Waals surface area contributed by atoms with Crippen LogP contribution in [-0.4, -0.2) is 15.5 Å². The highest BCUT2D eigenvalue weighted by Gasteiger charge is 2.45. The number of alkyl halides is 1. The summed E-state index contributed by atoms with van der Waals surface area (Å²) in [5.74, 6) is 0.677. The SMILES string of the molecule is CCC(I)C(=O)OC1(C2CCCC2)CCCC1. The third-order valence-electron chi connectivity index (χ3n) is 4.47. The molecule has 0 aromatic rings. The molecule has 98 valence electrons. The minimum absolute atomic E-state index is 0.0295. The first kappa shape index (κ1) is 13.6. The quantitative estimate of drug-likeness (QED) is 0.431. The van der Waals surface area contributed by atoms with E-state index in [0.717, 1.165) is 19.3 Å². The summed E-state index contributed by atoms with van der Waals surface area (Å²) in [6, 6.07) is 0. The van der Waals surface area contributed by atoms with Gasteiger partial charge in [-0.2, -0.15) is 0 Å². The molecule has 0 heterocycles. The van der Waals surface area contributed by atoms with Crippen LogP contribution in [0.25, 0.3) is 0 Å². The number of hydrogen-bond acceptors (Lipinski definition) is 2. The van der Waals surface area contributed by atoms with Crippen LogP contribution < -0.4 is 0 Å². The largest absolute Gasteiger partial charge is 0.458 e. The Hall–Kier alpha value is 0.200. The lowest BCUT2D eigenvalue weighted by atomic mass is 9.84. The van der Waals surface area contributed by atoms with Gasteiger partial charge in [0.25, 0.3) is 0 Å². The molecule has 0 spiro atoms. The predicted molar refractivity (Wildman–Crippen MR) is 77.3 cm³/mol. The highest BCUT2D eigenvalue weighted by atomic mass is 127. The summed E-state index contributed by atoms with van der Waals surface area (Å²) >= 11 is 2.21. The van der Waals surface area contributed by atoms with Crippen molar-refractivity contribution < 1.29 is 9.53 Å². The average Bonchev–Trinajstić information content (AvgIpc) is 2.98. The molecule has 0 amide bonds. The van der Waals surface area contributed by atoms with E-state index in [1.54, 1.807) is 0 Å². The molecule has 0 aliphatic heterocycles. The Morgan fingerprint density at radius 2 is 1.88 bits per heavy atom. The van der Waals surface area contributed by atoms with Gasteiger partial charge in [0.05, 0.1) is 0 Å². The van der Waals surface area contributed by atoms with E-state index in [-0.39, 0.29) is 15.5 Å². The maximum absolute atomic E-state index is 12.1. The van der Waals surface area contributed by atoms with Crippen LogP contribution in [0.3, 0.4) is 0 Å². The first-order valence-electron chi connectivity index (χ1n) is 7.05. The van der Waals surface area contributed by atoms with Gasteiger partial charge in [-0.3, -0.25) is 4.79 Å². The smallest absolute Gasteiger partial charge is 0.319 e. The van der Waals surface area contributed by atoms with Gasteiger partial charge in [-0.1, -0.05) is 42.4 Å². The average molecular weight is 350 g/mol. The zero-order valence-electron chi connectivity index (χ0n) is 10.7. The van der Waals surface area contributed by atoms with Gasteiger partial charge in [-0.15, -0.1) is 0 Å². The van der Waals surface area contributed by atoms with E-state index in [4.69, 9.17) is 4.74 Å². The van der Waals surface area contributed by atoms with E-state index < -0.39 is 0 Å². The fourth-order valence-corrected chi connectivity index (χ4v) is 3.58. The third kappa shape index (κ3) is 2.96.